The van der Waals surface area contributed by atoms with Crippen LogP contribution in [0.2, 0.25) is 0 Å². The van der Waals surface area contributed by atoms with Gasteiger partial charge in [-0.25, -0.2) is 4.68 Å². The summed E-state index contributed by atoms with van der Waals surface area (Å²) in [6.07, 6.45) is 3.25. The highest BCUT2D eigenvalue weighted by molar-refractivity contribution is 5.77. The Bertz CT molecular complexity index is 1190. The fourth-order valence-corrected chi connectivity index (χ4v) is 3.04. The lowest BCUT2D eigenvalue weighted by molar-refractivity contribution is 0.104. The average molecular weight is 391 g/mol. The Morgan fingerprint density at radius 3 is 2.59 bits per heavy atom. The Labute approximate surface area is 167 Å². The fourth-order valence-electron chi connectivity index (χ4n) is 3.04. The van der Waals surface area contributed by atoms with E-state index in [0.717, 1.165) is 11.3 Å². The number of nitrogens with zero attached hydrogens (tertiary/aromatic N) is 3. The molecule has 7 nitrogen and oxygen atoms in total. The van der Waals surface area contributed by atoms with Crippen LogP contribution in [0, 0.1) is 0 Å². The molecule has 0 unspecified atom stereocenters. The van der Waals surface area contributed by atoms with E-state index in [1.54, 1.807) is 30.0 Å². The molecule has 29 heavy (non-hydrogen) atoms. The predicted octanol–water partition coefficient (Wildman–Crippen LogP) is 3.76. The van der Waals surface area contributed by atoms with Gasteiger partial charge in [-0.3, -0.25) is 4.79 Å². The molecule has 0 saturated heterocycles. The van der Waals surface area contributed by atoms with Gasteiger partial charge < -0.3 is 13.9 Å². The first-order chi connectivity index (χ1) is 13.9. The van der Waals surface area contributed by atoms with E-state index in [2.05, 4.69) is 10.3 Å². The SMILES string of the molecule is COc1ccc(Cn2cc(C(C)(C)Oc3ccc4c(=O)ccoc4c3)nn2)cc1. The van der Waals surface area contributed by atoms with Gasteiger partial charge in [0.1, 0.15) is 28.4 Å². The summed E-state index contributed by atoms with van der Waals surface area (Å²) in [6, 6.07) is 14.4. The monoisotopic (exact) mass is 391 g/mol. The maximum Gasteiger partial charge on any atom is 0.192 e. The van der Waals surface area contributed by atoms with E-state index in [1.165, 1.54) is 12.3 Å². The first-order valence-electron chi connectivity index (χ1n) is 9.19. The molecule has 148 valence electrons. The first-order valence-corrected chi connectivity index (χ1v) is 9.19. The number of benzene rings is 2. The molecule has 0 aliphatic heterocycles. The Kier molecular flexibility index (Phi) is 4.80. The van der Waals surface area contributed by atoms with Crippen LogP contribution >= 0.6 is 0 Å². The van der Waals surface area contributed by atoms with Gasteiger partial charge in [-0.1, -0.05) is 17.3 Å². The molecule has 0 amide bonds. The summed E-state index contributed by atoms with van der Waals surface area (Å²) >= 11 is 0. The van der Waals surface area contributed by atoms with E-state index >= 15 is 0 Å². The maximum absolute atomic E-state index is 11.9. The molecule has 2 heterocycles. The summed E-state index contributed by atoms with van der Waals surface area (Å²) in [5.41, 5.74) is 1.46. The number of hydrogen-bond donors (Lipinski definition) is 0. The lowest BCUT2D eigenvalue weighted by Gasteiger charge is -2.24. The van der Waals surface area contributed by atoms with Crippen LogP contribution in [0.25, 0.3) is 11.0 Å². The molecule has 0 aliphatic rings. The summed E-state index contributed by atoms with van der Waals surface area (Å²) in [6.45, 7) is 4.42. The van der Waals surface area contributed by atoms with Gasteiger partial charge in [-0.05, 0) is 43.7 Å². The van der Waals surface area contributed by atoms with Crippen LogP contribution in [0.5, 0.6) is 11.5 Å². The highest BCUT2D eigenvalue weighted by atomic mass is 16.5. The second-order valence-corrected chi connectivity index (χ2v) is 7.20. The maximum atomic E-state index is 11.9. The minimum absolute atomic E-state index is 0.0847. The van der Waals surface area contributed by atoms with Gasteiger partial charge in [0.25, 0.3) is 0 Å². The number of fused-ring (bicyclic) bond motifs is 1. The highest BCUT2D eigenvalue weighted by Gasteiger charge is 2.27. The van der Waals surface area contributed by atoms with Gasteiger partial charge in [0.2, 0.25) is 0 Å². The van der Waals surface area contributed by atoms with E-state index in [1.807, 2.05) is 44.3 Å². The fraction of sp³-hybridized carbons (Fsp3) is 0.227. The lowest BCUT2D eigenvalue weighted by Crippen LogP contribution is -2.25. The molecule has 0 atom stereocenters. The van der Waals surface area contributed by atoms with Crippen molar-refractivity contribution in [2.75, 3.05) is 7.11 Å². The Morgan fingerprint density at radius 1 is 1.07 bits per heavy atom. The summed E-state index contributed by atoms with van der Waals surface area (Å²) < 4.78 is 18.5. The smallest absolute Gasteiger partial charge is 0.192 e. The number of hydrogen-bond acceptors (Lipinski definition) is 6. The number of methoxy groups -OCH3 is 1. The summed E-state index contributed by atoms with van der Waals surface area (Å²) in [5.74, 6) is 1.40. The van der Waals surface area contributed by atoms with E-state index in [-0.39, 0.29) is 5.43 Å². The normalized spacial score (nSPS) is 11.6. The zero-order valence-electron chi connectivity index (χ0n) is 16.5. The van der Waals surface area contributed by atoms with Crippen LogP contribution in [0.15, 0.2) is 70.2 Å². The summed E-state index contributed by atoms with van der Waals surface area (Å²) in [7, 11) is 1.64. The number of ether oxygens (including phenoxy) is 2. The first kappa shape index (κ1) is 18.7. The van der Waals surface area contributed by atoms with Crippen LogP contribution in [0.4, 0.5) is 0 Å². The molecule has 0 saturated carbocycles. The third kappa shape index (κ3) is 3.99. The Hall–Kier alpha value is -3.61. The van der Waals surface area contributed by atoms with Gasteiger partial charge >= 0.3 is 0 Å². The third-order valence-corrected chi connectivity index (χ3v) is 4.67. The van der Waals surface area contributed by atoms with Crippen LogP contribution < -0.4 is 14.9 Å². The second-order valence-electron chi connectivity index (χ2n) is 7.20. The molecule has 0 bridgehead atoms. The van der Waals surface area contributed by atoms with Crippen molar-refractivity contribution in [1.82, 2.24) is 15.0 Å². The van der Waals surface area contributed by atoms with Gasteiger partial charge in [0, 0.05) is 12.1 Å². The van der Waals surface area contributed by atoms with Gasteiger partial charge in [0.05, 0.1) is 31.5 Å². The van der Waals surface area contributed by atoms with Crippen LogP contribution in [-0.4, -0.2) is 22.1 Å². The lowest BCUT2D eigenvalue weighted by atomic mass is 10.1. The molecule has 0 fully saturated rings. The van der Waals surface area contributed by atoms with Crippen molar-refractivity contribution >= 4 is 11.0 Å². The van der Waals surface area contributed by atoms with Crippen molar-refractivity contribution in [2.24, 2.45) is 0 Å². The van der Waals surface area contributed by atoms with Crippen LogP contribution in [0.3, 0.4) is 0 Å². The molecule has 4 rings (SSSR count). The zero-order valence-corrected chi connectivity index (χ0v) is 16.5. The van der Waals surface area contributed by atoms with Gasteiger partial charge in [-0.15, -0.1) is 5.10 Å². The standard InChI is InChI=1S/C22H21N3O4/c1-22(2,29-17-8-9-18-19(26)10-11-28-20(18)12-17)21-14-25(24-23-21)13-15-4-6-16(27-3)7-5-15/h4-12,14H,13H2,1-3H3. The van der Waals surface area contributed by atoms with Crippen molar-refractivity contribution in [3.63, 3.8) is 0 Å². The van der Waals surface area contributed by atoms with Crippen LogP contribution in [0.1, 0.15) is 25.1 Å². The molecule has 0 spiro atoms. The molecule has 4 aromatic rings. The van der Waals surface area contributed by atoms with Crippen molar-refractivity contribution in [3.8, 4) is 11.5 Å². The zero-order chi connectivity index (χ0) is 20.4. The number of rotatable bonds is 6. The Balaban J connectivity index is 1.52. The van der Waals surface area contributed by atoms with Crippen LogP contribution in [-0.2, 0) is 12.1 Å². The van der Waals surface area contributed by atoms with Crippen molar-refractivity contribution in [3.05, 3.63) is 82.5 Å². The van der Waals surface area contributed by atoms with E-state index in [9.17, 15) is 4.79 Å². The van der Waals surface area contributed by atoms with E-state index in [0.29, 0.717) is 29.0 Å². The molecule has 0 radical (unpaired) electrons. The molecular formula is C22H21N3O4. The molecule has 7 heteroatoms. The topological polar surface area (TPSA) is 79.4 Å². The molecule has 0 N–H and O–H groups in total. The largest absolute Gasteiger partial charge is 0.497 e. The number of aromatic nitrogens is 3. The molecular weight excluding hydrogens is 370 g/mol. The third-order valence-electron chi connectivity index (χ3n) is 4.67. The van der Waals surface area contributed by atoms with Crippen molar-refractivity contribution < 1.29 is 13.9 Å². The summed E-state index contributed by atoms with van der Waals surface area (Å²) in [5, 5.41) is 9.02. The van der Waals surface area contributed by atoms with Gasteiger partial charge in [-0.2, -0.15) is 0 Å². The van der Waals surface area contributed by atoms with E-state index in [4.69, 9.17) is 13.9 Å². The quantitative estimate of drug-likeness (QED) is 0.498. The highest BCUT2D eigenvalue weighted by Crippen LogP contribution is 2.28. The molecule has 2 aromatic heterocycles. The molecule has 0 aliphatic carbocycles. The minimum Gasteiger partial charge on any atom is -0.497 e. The minimum atomic E-state index is -0.721. The van der Waals surface area contributed by atoms with Gasteiger partial charge in [0.15, 0.2) is 5.43 Å². The van der Waals surface area contributed by atoms with Crippen molar-refractivity contribution in [2.45, 2.75) is 26.0 Å². The summed E-state index contributed by atoms with van der Waals surface area (Å²) in [4.78, 5) is 11.9. The second kappa shape index (κ2) is 7.43. The average Bonchev–Trinajstić information content (AvgIpc) is 3.18. The predicted molar refractivity (Wildman–Crippen MR) is 108 cm³/mol. The molecule has 2 aromatic carbocycles. The Morgan fingerprint density at radius 2 is 1.83 bits per heavy atom. The van der Waals surface area contributed by atoms with E-state index < -0.39 is 5.60 Å². The van der Waals surface area contributed by atoms with Crippen molar-refractivity contribution in [1.29, 1.82) is 0 Å².